The lowest BCUT2D eigenvalue weighted by molar-refractivity contribution is 0.0989. The molecule has 1 amide bonds. The van der Waals surface area contributed by atoms with Crippen LogP contribution in [0.25, 0.3) is 11.3 Å². The van der Waals surface area contributed by atoms with Crippen LogP contribution in [0.3, 0.4) is 0 Å². The summed E-state index contributed by atoms with van der Waals surface area (Å²) in [5, 5.41) is 2.51. The molecule has 1 aliphatic rings. The Morgan fingerprint density at radius 2 is 1.90 bits per heavy atom. The van der Waals surface area contributed by atoms with E-state index >= 15 is 0 Å². The molecule has 154 valence electrons. The first kappa shape index (κ1) is 20.3. The molecule has 4 rings (SSSR count). The average Bonchev–Trinajstić information content (AvgIpc) is 3.38. The molecule has 1 aromatic heterocycles. The van der Waals surface area contributed by atoms with Gasteiger partial charge in [0.2, 0.25) is 10.0 Å². The lowest BCUT2D eigenvalue weighted by atomic mass is 10.1. The third-order valence-electron chi connectivity index (χ3n) is 4.85. The fourth-order valence-electron chi connectivity index (χ4n) is 3.36. The quantitative estimate of drug-likeness (QED) is 0.540. The highest BCUT2D eigenvalue weighted by Crippen LogP contribution is 2.29. The highest BCUT2D eigenvalue weighted by Gasteiger charge is 2.28. The summed E-state index contributed by atoms with van der Waals surface area (Å²) < 4.78 is 25.6. The molecule has 0 unspecified atom stereocenters. The Labute approximate surface area is 180 Å². The molecule has 0 spiro atoms. The SMILES string of the molecule is C=CCN(C(=O)c1ccc(N2CCCS2(=O)=O)cc1)c1nc(-c2ccccc2)cs1. The third-order valence-corrected chi connectivity index (χ3v) is 7.58. The van der Waals surface area contributed by atoms with E-state index in [1.807, 2.05) is 35.7 Å². The maximum absolute atomic E-state index is 13.2. The lowest BCUT2D eigenvalue weighted by Crippen LogP contribution is -2.31. The zero-order chi connectivity index (χ0) is 21.1. The van der Waals surface area contributed by atoms with Crippen molar-refractivity contribution in [3.05, 3.63) is 78.2 Å². The fraction of sp³-hybridized carbons (Fsp3) is 0.182. The van der Waals surface area contributed by atoms with Gasteiger partial charge in [-0.25, -0.2) is 13.4 Å². The van der Waals surface area contributed by atoms with E-state index in [1.165, 1.54) is 15.6 Å². The average molecular weight is 440 g/mol. The Morgan fingerprint density at radius 3 is 2.53 bits per heavy atom. The van der Waals surface area contributed by atoms with E-state index in [-0.39, 0.29) is 11.7 Å². The Balaban J connectivity index is 1.58. The van der Waals surface area contributed by atoms with Crippen molar-refractivity contribution in [2.75, 3.05) is 28.0 Å². The zero-order valence-electron chi connectivity index (χ0n) is 16.3. The van der Waals surface area contributed by atoms with E-state index in [1.54, 1.807) is 35.2 Å². The molecule has 0 N–H and O–H groups in total. The minimum absolute atomic E-state index is 0.161. The summed E-state index contributed by atoms with van der Waals surface area (Å²) in [6.45, 7) is 4.55. The first-order valence-electron chi connectivity index (χ1n) is 9.54. The number of aromatic nitrogens is 1. The maximum atomic E-state index is 13.2. The summed E-state index contributed by atoms with van der Waals surface area (Å²) in [5.41, 5.74) is 2.85. The summed E-state index contributed by atoms with van der Waals surface area (Å²) in [5.74, 6) is -0.0473. The molecule has 3 aromatic rings. The van der Waals surface area contributed by atoms with E-state index in [9.17, 15) is 13.2 Å². The molecule has 0 bridgehead atoms. The predicted octanol–water partition coefficient (Wildman–Crippen LogP) is 4.18. The summed E-state index contributed by atoms with van der Waals surface area (Å²) in [7, 11) is -3.25. The Morgan fingerprint density at radius 1 is 1.17 bits per heavy atom. The first-order chi connectivity index (χ1) is 14.5. The van der Waals surface area contributed by atoms with E-state index in [2.05, 4.69) is 11.6 Å². The predicted molar refractivity (Wildman–Crippen MR) is 122 cm³/mol. The van der Waals surface area contributed by atoms with Gasteiger partial charge in [0, 0.05) is 29.6 Å². The molecular weight excluding hydrogens is 418 g/mol. The number of amides is 1. The van der Waals surface area contributed by atoms with Crippen LogP contribution in [0, 0.1) is 0 Å². The second-order valence-corrected chi connectivity index (χ2v) is 9.72. The summed E-state index contributed by atoms with van der Waals surface area (Å²) in [6, 6.07) is 16.5. The zero-order valence-corrected chi connectivity index (χ0v) is 17.9. The molecule has 0 aliphatic carbocycles. The lowest BCUT2D eigenvalue weighted by Gasteiger charge is -2.20. The molecule has 6 nitrogen and oxygen atoms in total. The van der Waals surface area contributed by atoms with Gasteiger partial charge in [0.15, 0.2) is 5.13 Å². The van der Waals surface area contributed by atoms with Gasteiger partial charge >= 0.3 is 0 Å². The molecule has 0 saturated carbocycles. The van der Waals surface area contributed by atoms with Gasteiger partial charge in [0.25, 0.3) is 5.91 Å². The minimum atomic E-state index is -3.25. The van der Waals surface area contributed by atoms with Crippen LogP contribution >= 0.6 is 11.3 Å². The second kappa shape index (κ2) is 8.41. The van der Waals surface area contributed by atoms with Gasteiger partial charge in [-0.3, -0.25) is 14.0 Å². The van der Waals surface area contributed by atoms with E-state index < -0.39 is 10.0 Å². The molecule has 2 aromatic carbocycles. The van der Waals surface area contributed by atoms with E-state index in [4.69, 9.17) is 0 Å². The number of benzene rings is 2. The topological polar surface area (TPSA) is 70.6 Å². The Kier molecular flexibility index (Phi) is 5.69. The molecule has 30 heavy (non-hydrogen) atoms. The fourth-order valence-corrected chi connectivity index (χ4v) is 5.77. The van der Waals surface area contributed by atoms with Crippen molar-refractivity contribution < 1.29 is 13.2 Å². The van der Waals surface area contributed by atoms with Crippen LogP contribution in [-0.2, 0) is 10.0 Å². The molecule has 0 atom stereocenters. The number of nitrogens with zero attached hydrogens (tertiary/aromatic N) is 3. The van der Waals surface area contributed by atoms with Gasteiger partial charge in [-0.05, 0) is 30.7 Å². The normalized spacial score (nSPS) is 15.1. The minimum Gasteiger partial charge on any atom is -0.280 e. The van der Waals surface area contributed by atoms with Crippen LogP contribution < -0.4 is 9.21 Å². The van der Waals surface area contributed by atoms with Gasteiger partial charge < -0.3 is 0 Å². The van der Waals surface area contributed by atoms with Gasteiger partial charge in [0.05, 0.1) is 17.1 Å². The van der Waals surface area contributed by atoms with Crippen LogP contribution in [0.15, 0.2) is 72.6 Å². The van der Waals surface area contributed by atoms with Crippen molar-refractivity contribution in [3.63, 3.8) is 0 Å². The van der Waals surface area contributed by atoms with Crippen LogP contribution in [-0.4, -0.2) is 38.2 Å². The van der Waals surface area contributed by atoms with Crippen molar-refractivity contribution in [1.82, 2.24) is 4.98 Å². The first-order valence-corrected chi connectivity index (χ1v) is 12.0. The van der Waals surface area contributed by atoms with Crippen LogP contribution in [0.1, 0.15) is 16.8 Å². The second-order valence-electron chi connectivity index (χ2n) is 6.87. The molecule has 8 heteroatoms. The maximum Gasteiger partial charge on any atom is 0.260 e. The van der Waals surface area contributed by atoms with Crippen LogP contribution in [0.4, 0.5) is 10.8 Å². The van der Waals surface area contributed by atoms with Gasteiger partial charge in [-0.2, -0.15) is 0 Å². The number of anilines is 2. The Bertz CT molecular complexity index is 1160. The molecule has 0 radical (unpaired) electrons. The van der Waals surface area contributed by atoms with Gasteiger partial charge in [-0.1, -0.05) is 36.4 Å². The van der Waals surface area contributed by atoms with E-state index in [0.29, 0.717) is 35.9 Å². The number of hydrogen-bond donors (Lipinski definition) is 0. The number of thiazole rings is 1. The molecule has 1 aliphatic heterocycles. The highest BCUT2D eigenvalue weighted by atomic mass is 32.2. The van der Waals surface area contributed by atoms with Crippen molar-refractivity contribution in [2.24, 2.45) is 0 Å². The number of sulfonamides is 1. The molecule has 2 heterocycles. The molecule has 1 fully saturated rings. The highest BCUT2D eigenvalue weighted by molar-refractivity contribution is 7.93. The summed E-state index contributed by atoms with van der Waals surface area (Å²) >= 11 is 1.40. The summed E-state index contributed by atoms with van der Waals surface area (Å²) in [4.78, 5) is 19.4. The monoisotopic (exact) mass is 439 g/mol. The molecule has 1 saturated heterocycles. The number of carbonyl (C=O) groups excluding carboxylic acids is 1. The number of hydrogen-bond acceptors (Lipinski definition) is 5. The van der Waals surface area contributed by atoms with Crippen molar-refractivity contribution in [2.45, 2.75) is 6.42 Å². The van der Waals surface area contributed by atoms with Crippen molar-refractivity contribution in [3.8, 4) is 11.3 Å². The van der Waals surface area contributed by atoms with Crippen LogP contribution in [0.2, 0.25) is 0 Å². The standard InChI is InChI=1S/C22H21N3O3S2/c1-2-13-24(22-23-20(16-29-22)17-7-4-3-5-8-17)21(26)18-9-11-19(12-10-18)25-14-6-15-30(25,27)28/h2-5,7-12,16H,1,6,13-15H2. The third kappa shape index (κ3) is 4.01. The summed E-state index contributed by atoms with van der Waals surface area (Å²) in [6.07, 6.45) is 2.27. The Hall–Kier alpha value is -2.97. The van der Waals surface area contributed by atoms with Gasteiger partial charge in [-0.15, -0.1) is 17.9 Å². The smallest absolute Gasteiger partial charge is 0.260 e. The van der Waals surface area contributed by atoms with E-state index in [0.717, 1.165) is 11.3 Å². The number of rotatable bonds is 6. The van der Waals surface area contributed by atoms with Gasteiger partial charge in [0.1, 0.15) is 0 Å². The number of carbonyl (C=O) groups is 1. The van der Waals surface area contributed by atoms with Crippen LogP contribution in [0.5, 0.6) is 0 Å². The van der Waals surface area contributed by atoms with Crippen molar-refractivity contribution >= 4 is 38.1 Å². The van der Waals surface area contributed by atoms with Crippen molar-refractivity contribution in [1.29, 1.82) is 0 Å². The largest absolute Gasteiger partial charge is 0.280 e. The molecular formula is C22H21N3O3S2.